The van der Waals surface area contributed by atoms with Crippen LogP contribution in [0.25, 0.3) is 0 Å². The Labute approximate surface area is 124 Å². The molecule has 1 nitrogen and oxygen atoms in total. The van der Waals surface area contributed by atoms with Crippen LogP contribution < -0.4 is 5.32 Å². The molecular weight excluding hydrogens is 273 g/mol. The Kier molecular flexibility index (Phi) is 5.57. The summed E-state index contributed by atoms with van der Waals surface area (Å²) >= 11 is 6.22. The Hall–Kier alpha value is -1.38. The van der Waals surface area contributed by atoms with Crippen molar-refractivity contribution in [2.75, 3.05) is 13.6 Å². The van der Waals surface area contributed by atoms with Gasteiger partial charge in [-0.2, -0.15) is 0 Å². The fraction of sp³-hybridized carbons (Fsp3) is 0.294. The molecule has 106 valence electrons. The summed E-state index contributed by atoms with van der Waals surface area (Å²) in [4.78, 5) is 0. The molecule has 0 saturated heterocycles. The molecule has 3 heteroatoms. The first-order valence-corrected chi connectivity index (χ1v) is 7.19. The smallest absolute Gasteiger partial charge is 0.123 e. The zero-order valence-electron chi connectivity index (χ0n) is 11.6. The zero-order chi connectivity index (χ0) is 14.4. The fourth-order valence-corrected chi connectivity index (χ4v) is 2.69. The zero-order valence-corrected chi connectivity index (χ0v) is 12.3. The minimum absolute atomic E-state index is 0.177. The van der Waals surface area contributed by atoms with Crippen molar-refractivity contribution in [3.05, 3.63) is 70.5 Å². The molecule has 0 aliphatic carbocycles. The molecule has 2 aromatic rings. The van der Waals surface area contributed by atoms with Crippen LogP contribution in [0.3, 0.4) is 0 Å². The van der Waals surface area contributed by atoms with Crippen LogP contribution >= 0.6 is 11.6 Å². The van der Waals surface area contributed by atoms with Gasteiger partial charge in [-0.1, -0.05) is 41.9 Å². The van der Waals surface area contributed by atoms with Crippen LogP contribution in [0.5, 0.6) is 0 Å². The topological polar surface area (TPSA) is 12.0 Å². The van der Waals surface area contributed by atoms with Crippen LogP contribution in [-0.2, 0) is 12.8 Å². The monoisotopic (exact) mass is 291 g/mol. The Morgan fingerprint density at radius 3 is 2.60 bits per heavy atom. The average molecular weight is 292 g/mol. The lowest BCUT2D eigenvalue weighted by molar-refractivity contribution is 0.492. The Morgan fingerprint density at radius 2 is 1.90 bits per heavy atom. The van der Waals surface area contributed by atoms with Crippen molar-refractivity contribution < 1.29 is 4.39 Å². The first-order valence-electron chi connectivity index (χ1n) is 6.81. The first-order chi connectivity index (χ1) is 9.69. The summed E-state index contributed by atoms with van der Waals surface area (Å²) in [7, 11) is 1.94. The Balaban J connectivity index is 2.09. The quantitative estimate of drug-likeness (QED) is 0.845. The normalized spacial score (nSPS) is 12.3. The minimum atomic E-state index is -0.177. The van der Waals surface area contributed by atoms with Gasteiger partial charge in [-0.15, -0.1) is 0 Å². The summed E-state index contributed by atoms with van der Waals surface area (Å²) in [5.41, 5.74) is 2.17. The third-order valence-electron chi connectivity index (χ3n) is 3.37. The molecule has 0 aromatic heterocycles. The van der Waals surface area contributed by atoms with E-state index in [0.717, 1.165) is 35.5 Å². The predicted molar refractivity (Wildman–Crippen MR) is 82.7 cm³/mol. The summed E-state index contributed by atoms with van der Waals surface area (Å²) in [5.74, 6) is 0.213. The lowest BCUT2D eigenvalue weighted by atomic mass is 9.92. The van der Waals surface area contributed by atoms with Gasteiger partial charge in [0.25, 0.3) is 0 Å². The summed E-state index contributed by atoms with van der Waals surface area (Å²) in [6.07, 6.45) is 1.72. The van der Waals surface area contributed by atoms with Crippen LogP contribution in [0.2, 0.25) is 5.02 Å². The summed E-state index contributed by atoms with van der Waals surface area (Å²) < 4.78 is 13.3. The summed E-state index contributed by atoms with van der Waals surface area (Å²) in [6.45, 7) is 0.877. The number of halogens is 2. The van der Waals surface area contributed by atoms with Gasteiger partial charge >= 0.3 is 0 Å². The van der Waals surface area contributed by atoms with Crippen LogP contribution in [0.1, 0.15) is 11.1 Å². The molecule has 0 spiro atoms. The SMILES string of the molecule is CNCC(Cc1cccc(F)c1)Cc1ccccc1Cl. The van der Waals surface area contributed by atoms with Crippen molar-refractivity contribution in [2.24, 2.45) is 5.92 Å². The second-order valence-corrected chi connectivity index (χ2v) is 5.46. The molecule has 2 aromatic carbocycles. The molecule has 1 N–H and O–H groups in total. The molecule has 0 saturated carbocycles. The summed E-state index contributed by atoms with van der Waals surface area (Å²) in [6, 6.07) is 14.7. The van der Waals surface area contributed by atoms with Crippen molar-refractivity contribution >= 4 is 11.6 Å². The van der Waals surface area contributed by atoms with Crippen molar-refractivity contribution in [2.45, 2.75) is 12.8 Å². The largest absolute Gasteiger partial charge is 0.319 e. The standard InChI is InChI=1S/C17H19ClFN/c1-20-12-14(9-13-5-4-7-16(19)11-13)10-15-6-2-3-8-17(15)18/h2-8,11,14,20H,9-10,12H2,1H3. The molecule has 0 amide bonds. The van der Waals surface area contributed by atoms with E-state index in [9.17, 15) is 4.39 Å². The Bertz CT molecular complexity index is 556. The number of benzene rings is 2. The molecule has 0 heterocycles. The molecule has 0 fully saturated rings. The van der Waals surface area contributed by atoms with E-state index in [1.165, 1.54) is 6.07 Å². The maximum atomic E-state index is 13.3. The third kappa shape index (κ3) is 4.32. The fourth-order valence-electron chi connectivity index (χ4n) is 2.48. The number of rotatable bonds is 6. The van der Waals surface area contributed by atoms with E-state index in [1.807, 2.05) is 31.3 Å². The van der Waals surface area contributed by atoms with Gasteiger partial charge in [-0.25, -0.2) is 4.39 Å². The maximum absolute atomic E-state index is 13.3. The lowest BCUT2D eigenvalue weighted by Crippen LogP contribution is -2.23. The second kappa shape index (κ2) is 7.41. The van der Waals surface area contributed by atoms with Gasteiger partial charge in [0, 0.05) is 5.02 Å². The first kappa shape index (κ1) is 15.0. The van der Waals surface area contributed by atoms with E-state index in [0.29, 0.717) is 5.92 Å². The number of hydrogen-bond donors (Lipinski definition) is 1. The van der Waals surface area contributed by atoms with E-state index < -0.39 is 0 Å². The lowest BCUT2D eigenvalue weighted by Gasteiger charge is -2.17. The molecule has 1 unspecified atom stereocenters. The van der Waals surface area contributed by atoms with E-state index in [-0.39, 0.29) is 5.82 Å². The Morgan fingerprint density at radius 1 is 1.10 bits per heavy atom. The molecular formula is C17H19ClFN. The highest BCUT2D eigenvalue weighted by molar-refractivity contribution is 6.31. The molecule has 2 rings (SSSR count). The van der Waals surface area contributed by atoms with Gasteiger partial charge in [-0.05, 0) is 61.7 Å². The van der Waals surface area contributed by atoms with Crippen molar-refractivity contribution in [1.29, 1.82) is 0 Å². The van der Waals surface area contributed by atoms with Gasteiger partial charge in [0.2, 0.25) is 0 Å². The van der Waals surface area contributed by atoms with Gasteiger partial charge in [0.1, 0.15) is 5.82 Å². The molecule has 0 aliphatic heterocycles. The van der Waals surface area contributed by atoms with E-state index in [1.54, 1.807) is 12.1 Å². The highest BCUT2D eigenvalue weighted by atomic mass is 35.5. The van der Waals surface area contributed by atoms with Crippen molar-refractivity contribution in [3.63, 3.8) is 0 Å². The van der Waals surface area contributed by atoms with E-state index in [4.69, 9.17) is 11.6 Å². The molecule has 0 radical (unpaired) electrons. The van der Waals surface area contributed by atoms with Crippen molar-refractivity contribution in [3.8, 4) is 0 Å². The highest BCUT2D eigenvalue weighted by Crippen LogP contribution is 2.21. The van der Waals surface area contributed by atoms with Gasteiger partial charge in [0.15, 0.2) is 0 Å². The number of nitrogens with one attached hydrogen (secondary N) is 1. The molecule has 20 heavy (non-hydrogen) atoms. The summed E-state index contributed by atoms with van der Waals surface area (Å²) in [5, 5.41) is 4.00. The van der Waals surface area contributed by atoms with Crippen LogP contribution in [0.15, 0.2) is 48.5 Å². The van der Waals surface area contributed by atoms with E-state index >= 15 is 0 Å². The maximum Gasteiger partial charge on any atom is 0.123 e. The third-order valence-corrected chi connectivity index (χ3v) is 3.74. The molecule has 0 bridgehead atoms. The number of hydrogen-bond acceptors (Lipinski definition) is 1. The predicted octanol–water partition coefficient (Wildman–Crippen LogP) is 4.10. The van der Waals surface area contributed by atoms with Crippen molar-refractivity contribution in [1.82, 2.24) is 5.32 Å². The molecule has 0 aliphatic rings. The van der Waals surface area contributed by atoms with Crippen LogP contribution in [0.4, 0.5) is 4.39 Å². The van der Waals surface area contributed by atoms with Crippen LogP contribution in [-0.4, -0.2) is 13.6 Å². The van der Waals surface area contributed by atoms with E-state index in [2.05, 4.69) is 11.4 Å². The minimum Gasteiger partial charge on any atom is -0.319 e. The highest BCUT2D eigenvalue weighted by Gasteiger charge is 2.12. The van der Waals surface area contributed by atoms with Gasteiger partial charge in [0.05, 0.1) is 0 Å². The second-order valence-electron chi connectivity index (χ2n) is 5.05. The van der Waals surface area contributed by atoms with Gasteiger partial charge < -0.3 is 5.32 Å². The average Bonchev–Trinajstić information content (AvgIpc) is 2.42. The van der Waals surface area contributed by atoms with Crippen LogP contribution in [0, 0.1) is 11.7 Å². The van der Waals surface area contributed by atoms with Gasteiger partial charge in [-0.3, -0.25) is 0 Å². The molecule has 1 atom stereocenters.